The van der Waals surface area contributed by atoms with E-state index in [1.54, 1.807) is 6.20 Å². The minimum Gasteiger partial charge on any atom is -0.337 e. The molecule has 0 spiro atoms. The normalized spacial score (nSPS) is 19.0. The van der Waals surface area contributed by atoms with E-state index in [4.69, 9.17) is 10.7 Å². The Hall–Kier alpha value is -4.27. The third-order valence-electron chi connectivity index (χ3n) is 6.18. The minimum atomic E-state index is -1.15. The van der Waals surface area contributed by atoms with Gasteiger partial charge in [-0.1, -0.05) is 48.5 Å². The summed E-state index contributed by atoms with van der Waals surface area (Å²) in [4.78, 5) is 9.41. The molecular weight excluding hydrogens is 436 g/mol. The highest BCUT2D eigenvalue weighted by atomic mass is 15.7. The number of amidine groups is 2. The standard InChI is InChI=1S/C27H26N8/c1-18-12-19(2)14-23(13-18)31-25-26-32-27(28,33-34(26)11-10-29-25)22-9-8-21-16-30-35(24(21)15-22)17-20-6-4-3-5-7-20/h3-16,33H,17,28H2,1-2H3,(H,29,31). The summed E-state index contributed by atoms with van der Waals surface area (Å²) in [6, 6.07) is 22.7. The zero-order valence-electron chi connectivity index (χ0n) is 19.6. The first kappa shape index (κ1) is 21.3. The molecule has 1 aromatic heterocycles. The number of nitrogens with one attached hydrogen (secondary N) is 2. The first-order valence-corrected chi connectivity index (χ1v) is 11.5. The zero-order valence-corrected chi connectivity index (χ0v) is 19.6. The van der Waals surface area contributed by atoms with E-state index >= 15 is 0 Å². The number of rotatable bonds is 4. The van der Waals surface area contributed by atoms with Gasteiger partial charge in [-0.15, -0.1) is 0 Å². The molecule has 0 aliphatic carbocycles. The lowest BCUT2D eigenvalue weighted by Crippen LogP contribution is -2.51. The van der Waals surface area contributed by atoms with Gasteiger partial charge < -0.3 is 5.32 Å². The van der Waals surface area contributed by atoms with E-state index in [-0.39, 0.29) is 0 Å². The van der Waals surface area contributed by atoms with Crippen LogP contribution in [0.25, 0.3) is 10.9 Å². The highest BCUT2D eigenvalue weighted by Crippen LogP contribution is 2.28. The molecule has 174 valence electrons. The van der Waals surface area contributed by atoms with Crippen molar-refractivity contribution in [1.29, 1.82) is 0 Å². The van der Waals surface area contributed by atoms with E-state index in [0.29, 0.717) is 18.2 Å². The number of nitrogens with two attached hydrogens (primary N) is 1. The van der Waals surface area contributed by atoms with Crippen molar-refractivity contribution < 1.29 is 0 Å². The minimum absolute atomic E-state index is 0.632. The van der Waals surface area contributed by atoms with Gasteiger partial charge in [0.2, 0.25) is 5.79 Å². The smallest absolute Gasteiger partial charge is 0.208 e. The van der Waals surface area contributed by atoms with E-state index in [1.165, 1.54) is 16.7 Å². The summed E-state index contributed by atoms with van der Waals surface area (Å²) >= 11 is 0. The van der Waals surface area contributed by atoms with Crippen LogP contribution in [0.5, 0.6) is 0 Å². The lowest BCUT2D eigenvalue weighted by Gasteiger charge is -2.25. The van der Waals surface area contributed by atoms with Crippen molar-refractivity contribution in [2.24, 2.45) is 15.7 Å². The Balaban J connectivity index is 1.33. The number of hydrazine groups is 1. The van der Waals surface area contributed by atoms with Gasteiger partial charge in [-0.05, 0) is 48.7 Å². The fraction of sp³-hybridized carbons (Fsp3) is 0.148. The average molecular weight is 463 g/mol. The van der Waals surface area contributed by atoms with Crippen LogP contribution in [-0.4, -0.2) is 26.5 Å². The first-order valence-electron chi connectivity index (χ1n) is 11.5. The average Bonchev–Trinajstić information content (AvgIpc) is 3.40. The van der Waals surface area contributed by atoms with Gasteiger partial charge in [0.1, 0.15) is 0 Å². The molecule has 2 aliphatic rings. The quantitative estimate of drug-likeness (QED) is 0.426. The largest absolute Gasteiger partial charge is 0.337 e. The van der Waals surface area contributed by atoms with Gasteiger partial charge in [-0.25, -0.2) is 9.98 Å². The predicted molar refractivity (Wildman–Crippen MR) is 140 cm³/mol. The summed E-state index contributed by atoms with van der Waals surface area (Å²) in [6.07, 6.45) is 5.42. The highest BCUT2D eigenvalue weighted by molar-refractivity contribution is 6.45. The molecule has 3 heterocycles. The molecule has 0 fully saturated rings. The van der Waals surface area contributed by atoms with E-state index in [9.17, 15) is 0 Å². The van der Waals surface area contributed by atoms with Crippen LogP contribution in [0.1, 0.15) is 22.3 Å². The van der Waals surface area contributed by atoms with Crippen LogP contribution in [0.4, 0.5) is 5.69 Å². The second-order valence-electron chi connectivity index (χ2n) is 9.02. The maximum absolute atomic E-state index is 6.82. The number of aromatic nitrogens is 2. The molecule has 0 saturated heterocycles. The highest BCUT2D eigenvalue weighted by Gasteiger charge is 2.39. The van der Waals surface area contributed by atoms with Crippen molar-refractivity contribution in [1.82, 2.24) is 20.2 Å². The van der Waals surface area contributed by atoms with E-state index in [2.05, 4.69) is 71.1 Å². The molecule has 1 unspecified atom stereocenters. The number of aliphatic imine (C=N–C) groups is 2. The second kappa shape index (κ2) is 8.19. The number of aryl methyl sites for hydroxylation is 2. The molecule has 0 amide bonds. The molecule has 1 atom stereocenters. The first-order chi connectivity index (χ1) is 17.0. The summed E-state index contributed by atoms with van der Waals surface area (Å²) in [7, 11) is 0. The summed E-state index contributed by atoms with van der Waals surface area (Å²) in [5, 5.41) is 10.9. The van der Waals surface area contributed by atoms with Crippen molar-refractivity contribution in [2.45, 2.75) is 26.2 Å². The predicted octanol–water partition coefficient (Wildman–Crippen LogP) is 3.98. The van der Waals surface area contributed by atoms with Crippen LogP contribution in [0.15, 0.2) is 95.3 Å². The van der Waals surface area contributed by atoms with Gasteiger partial charge in [0.05, 0.1) is 18.3 Å². The Morgan fingerprint density at radius 1 is 1.00 bits per heavy atom. The molecule has 0 radical (unpaired) electrons. The topological polar surface area (TPSA) is 95.9 Å². The molecule has 3 aromatic carbocycles. The number of anilines is 1. The number of hydrogen-bond donors (Lipinski definition) is 3. The van der Waals surface area contributed by atoms with E-state index < -0.39 is 5.79 Å². The molecule has 8 nitrogen and oxygen atoms in total. The fourth-order valence-electron chi connectivity index (χ4n) is 4.58. The van der Waals surface area contributed by atoms with Crippen LogP contribution in [0.2, 0.25) is 0 Å². The SMILES string of the molecule is Cc1cc(C)cc(NC2=NC=CN3NC(N)(c4ccc5cnn(Cc6ccccc6)c5c4)N=C23)c1. The Labute approximate surface area is 203 Å². The van der Waals surface area contributed by atoms with Crippen molar-refractivity contribution >= 4 is 28.3 Å². The van der Waals surface area contributed by atoms with Crippen molar-refractivity contribution in [3.63, 3.8) is 0 Å². The summed E-state index contributed by atoms with van der Waals surface area (Å²) in [5.74, 6) is 0.116. The maximum Gasteiger partial charge on any atom is 0.208 e. The Morgan fingerprint density at radius 3 is 2.60 bits per heavy atom. The lowest BCUT2D eigenvalue weighted by atomic mass is 10.1. The molecule has 6 rings (SSSR count). The Bertz CT molecular complexity index is 1490. The van der Waals surface area contributed by atoms with Gasteiger partial charge in [0, 0.05) is 29.0 Å². The molecule has 0 saturated carbocycles. The van der Waals surface area contributed by atoms with Crippen LogP contribution >= 0.6 is 0 Å². The molecule has 8 heteroatoms. The van der Waals surface area contributed by atoms with Crippen LogP contribution in [0, 0.1) is 13.8 Å². The second-order valence-corrected chi connectivity index (χ2v) is 9.02. The third kappa shape index (κ3) is 3.99. The molecular formula is C27H26N8. The van der Waals surface area contributed by atoms with Crippen molar-refractivity contribution in [3.8, 4) is 0 Å². The number of benzene rings is 3. The van der Waals surface area contributed by atoms with Crippen LogP contribution < -0.4 is 16.5 Å². The number of fused-ring (bicyclic) bond motifs is 2. The summed E-state index contributed by atoms with van der Waals surface area (Å²) in [5.41, 5.74) is 16.5. The van der Waals surface area contributed by atoms with Crippen LogP contribution in [-0.2, 0) is 12.3 Å². The summed E-state index contributed by atoms with van der Waals surface area (Å²) < 4.78 is 1.99. The fourth-order valence-corrected chi connectivity index (χ4v) is 4.58. The third-order valence-corrected chi connectivity index (χ3v) is 6.18. The maximum atomic E-state index is 6.82. The van der Waals surface area contributed by atoms with Gasteiger partial charge >= 0.3 is 0 Å². The molecule has 4 N–H and O–H groups in total. The molecule has 2 aliphatic heterocycles. The zero-order chi connectivity index (χ0) is 24.0. The Morgan fingerprint density at radius 2 is 1.80 bits per heavy atom. The van der Waals surface area contributed by atoms with Crippen molar-refractivity contribution in [2.75, 3.05) is 5.32 Å². The van der Waals surface area contributed by atoms with E-state index in [1.807, 2.05) is 52.4 Å². The molecule has 4 aromatic rings. The lowest BCUT2D eigenvalue weighted by molar-refractivity contribution is 0.274. The molecule has 35 heavy (non-hydrogen) atoms. The van der Waals surface area contributed by atoms with Gasteiger partial charge in [-0.2, -0.15) is 10.5 Å². The number of hydrogen-bond acceptors (Lipinski definition) is 7. The monoisotopic (exact) mass is 462 g/mol. The molecule has 0 bridgehead atoms. The van der Waals surface area contributed by atoms with Crippen molar-refractivity contribution in [3.05, 3.63) is 108 Å². The summed E-state index contributed by atoms with van der Waals surface area (Å²) in [6.45, 7) is 4.83. The van der Waals surface area contributed by atoms with Gasteiger partial charge in [0.15, 0.2) is 11.7 Å². The number of nitrogens with zero attached hydrogens (tertiary/aromatic N) is 5. The van der Waals surface area contributed by atoms with Gasteiger partial charge in [0.25, 0.3) is 0 Å². The van der Waals surface area contributed by atoms with Crippen LogP contribution in [0.3, 0.4) is 0 Å². The van der Waals surface area contributed by atoms with Gasteiger partial charge in [-0.3, -0.25) is 15.4 Å². The van der Waals surface area contributed by atoms with E-state index in [0.717, 1.165) is 22.2 Å². The Kier molecular flexibility index (Phi) is 4.98.